The Kier molecular flexibility index (Phi) is 5.12. The maximum Gasteiger partial charge on any atom is 0.267 e. The van der Waals surface area contributed by atoms with Crippen LogP contribution >= 0.6 is 11.6 Å². The third-order valence-corrected chi connectivity index (χ3v) is 6.40. The summed E-state index contributed by atoms with van der Waals surface area (Å²) in [5.74, 6) is -0.161. The van der Waals surface area contributed by atoms with Crippen molar-refractivity contribution in [1.29, 1.82) is 0 Å². The second-order valence-corrected chi connectivity index (χ2v) is 8.59. The predicted octanol–water partition coefficient (Wildman–Crippen LogP) is 3.33. The molecule has 29 heavy (non-hydrogen) atoms. The Morgan fingerprint density at radius 3 is 2.59 bits per heavy atom. The first-order valence-corrected chi connectivity index (χ1v) is 10.5. The average Bonchev–Trinajstić information content (AvgIpc) is 2.74. The van der Waals surface area contributed by atoms with E-state index in [9.17, 15) is 13.2 Å². The van der Waals surface area contributed by atoms with Crippen LogP contribution in [0.25, 0.3) is 0 Å². The smallest absolute Gasteiger partial charge is 0.267 e. The number of pyridine rings is 1. The van der Waals surface area contributed by atoms with Crippen molar-refractivity contribution in [2.75, 3.05) is 16.2 Å². The van der Waals surface area contributed by atoms with Crippen LogP contribution in [0.4, 0.5) is 11.4 Å². The Morgan fingerprint density at radius 2 is 1.86 bits per heavy atom. The number of rotatable bonds is 4. The molecule has 2 aromatic carbocycles. The lowest BCUT2D eigenvalue weighted by Gasteiger charge is -2.34. The zero-order valence-corrected chi connectivity index (χ0v) is 16.6. The number of para-hydroxylation sites is 2. The molecule has 0 radical (unpaired) electrons. The maximum atomic E-state index is 13.3. The van der Waals surface area contributed by atoms with E-state index in [0.29, 0.717) is 22.1 Å². The Balaban J connectivity index is 1.68. The lowest BCUT2D eigenvalue weighted by molar-refractivity contribution is -0.122. The lowest BCUT2D eigenvalue weighted by Crippen LogP contribution is -2.48. The fourth-order valence-corrected chi connectivity index (χ4v) is 4.56. The molecule has 0 bridgehead atoms. The summed E-state index contributed by atoms with van der Waals surface area (Å²) in [6, 6.07) is 15.9. The first-order valence-electron chi connectivity index (χ1n) is 8.70. The van der Waals surface area contributed by atoms with Crippen LogP contribution < -0.4 is 14.4 Å². The molecule has 1 aliphatic heterocycles. The molecule has 1 amide bonds. The van der Waals surface area contributed by atoms with E-state index in [0.717, 1.165) is 0 Å². The highest BCUT2D eigenvalue weighted by molar-refractivity contribution is 7.92. The molecule has 0 aliphatic carbocycles. The van der Waals surface area contributed by atoms with E-state index in [-0.39, 0.29) is 11.4 Å². The summed E-state index contributed by atoms with van der Waals surface area (Å²) in [5.41, 5.74) is 0.861. The van der Waals surface area contributed by atoms with Gasteiger partial charge in [-0.3, -0.25) is 14.1 Å². The van der Waals surface area contributed by atoms with E-state index in [1.807, 2.05) is 0 Å². The molecule has 2 heterocycles. The number of carbonyl (C=O) groups excluding carboxylic acids is 1. The van der Waals surface area contributed by atoms with Crippen LogP contribution in [0.5, 0.6) is 5.75 Å². The van der Waals surface area contributed by atoms with Gasteiger partial charge in [0.1, 0.15) is 5.75 Å². The second kappa shape index (κ2) is 7.73. The van der Waals surface area contributed by atoms with Crippen molar-refractivity contribution >= 4 is 38.9 Å². The summed E-state index contributed by atoms with van der Waals surface area (Å²) in [4.78, 5) is 16.7. The van der Waals surface area contributed by atoms with Crippen molar-refractivity contribution in [2.24, 2.45) is 0 Å². The molecular formula is C20H16ClN3O4S. The molecule has 1 atom stereocenters. The predicted molar refractivity (Wildman–Crippen MR) is 110 cm³/mol. The Bertz CT molecular complexity index is 1140. The first-order chi connectivity index (χ1) is 13.9. The zero-order chi connectivity index (χ0) is 20.4. The number of carbonyl (C=O) groups is 1. The van der Waals surface area contributed by atoms with Gasteiger partial charge in [0.05, 0.1) is 29.0 Å². The summed E-state index contributed by atoms with van der Waals surface area (Å²) in [5, 5.41) is 3.13. The van der Waals surface area contributed by atoms with Crippen LogP contribution in [0, 0.1) is 0 Å². The number of sulfonamides is 1. The Hall–Kier alpha value is -3.10. The highest BCUT2D eigenvalue weighted by Gasteiger charge is 2.37. The SMILES string of the molecule is O=C(Nc1cccnc1)C1CN(S(=O)(=O)c2ccc(Cl)cc2)c2ccccc2O1. The van der Waals surface area contributed by atoms with Crippen LogP contribution in [-0.4, -0.2) is 32.0 Å². The van der Waals surface area contributed by atoms with Gasteiger partial charge in [-0.2, -0.15) is 0 Å². The number of ether oxygens (including phenoxy) is 1. The molecule has 0 fully saturated rings. The Morgan fingerprint density at radius 1 is 1.10 bits per heavy atom. The quantitative estimate of drug-likeness (QED) is 0.687. The first kappa shape index (κ1) is 19.2. The third-order valence-electron chi connectivity index (χ3n) is 4.36. The molecule has 7 nitrogen and oxygen atoms in total. The summed E-state index contributed by atoms with van der Waals surface area (Å²) < 4.78 is 33.5. The molecule has 1 aromatic heterocycles. The van der Waals surface area contributed by atoms with Crippen LogP contribution in [0.3, 0.4) is 0 Å². The number of fused-ring (bicyclic) bond motifs is 1. The van der Waals surface area contributed by atoms with Crippen molar-refractivity contribution in [3.05, 3.63) is 78.1 Å². The monoisotopic (exact) mass is 429 g/mol. The number of hydrogen-bond donors (Lipinski definition) is 1. The molecular weight excluding hydrogens is 414 g/mol. The number of hydrogen-bond acceptors (Lipinski definition) is 5. The van der Waals surface area contributed by atoms with E-state index in [1.165, 1.54) is 34.8 Å². The molecule has 0 saturated heterocycles. The largest absolute Gasteiger partial charge is 0.476 e. The highest BCUT2D eigenvalue weighted by Crippen LogP contribution is 2.37. The number of halogens is 1. The van der Waals surface area contributed by atoms with Crippen molar-refractivity contribution in [2.45, 2.75) is 11.0 Å². The summed E-state index contributed by atoms with van der Waals surface area (Å²) in [7, 11) is -3.93. The van der Waals surface area contributed by atoms with E-state index in [2.05, 4.69) is 10.3 Å². The molecule has 1 aliphatic rings. The molecule has 3 aromatic rings. The zero-order valence-electron chi connectivity index (χ0n) is 15.0. The topological polar surface area (TPSA) is 88.6 Å². The number of benzene rings is 2. The minimum atomic E-state index is -3.93. The van der Waals surface area contributed by atoms with E-state index >= 15 is 0 Å². The van der Waals surface area contributed by atoms with E-state index < -0.39 is 22.0 Å². The van der Waals surface area contributed by atoms with Crippen molar-refractivity contribution < 1.29 is 17.9 Å². The van der Waals surface area contributed by atoms with E-state index in [1.54, 1.807) is 42.6 Å². The molecule has 9 heteroatoms. The van der Waals surface area contributed by atoms with Gasteiger partial charge in [-0.25, -0.2) is 8.42 Å². The summed E-state index contributed by atoms with van der Waals surface area (Å²) in [6.45, 7) is -0.173. The number of anilines is 2. The standard InChI is InChI=1S/C20H16ClN3O4S/c21-14-7-9-16(10-8-14)29(26,27)24-13-19(28-18-6-2-1-5-17(18)24)20(25)23-15-4-3-11-22-12-15/h1-12,19H,13H2,(H,23,25). The van der Waals surface area contributed by atoms with Gasteiger partial charge in [-0.1, -0.05) is 23.7 Å². The van der Waals surface area contributed by atoms with Gasteiger partial charge in [0, 0.05) is 11.2 Å². The Labute approximate surface area is 173 Å². The van der Waals surface area contributed by atoms with Gasteiger partial charge in [-0.15, -0.1) is 0 Å². The normalized spacial score (nSPS) is 15.9. The van der Waals surface area contributed by atoms with Crippen molar-refractivity contribution in [1.82, 2.24) is 4.98 Å². The number of aromatic nitrogens is 1. The minimum Gasteiger partial charge on any atom is -0.476 e. The van der Waals surface area contributed by atoms with Gasteiger partial charge in [0.15, 0.2) is 6.10 Å². The van der Waals surface area contributed by atoms with E-state index in [4.69, 9.17) is 16.3 Å². The van der Waals surface area contributed by atoms with Gasteiger partial charge < -0.3 is 10.1 Å². The molecule has 0 saturated carbocycles. The fourth-order valence-electron chi connectivity index (χ4n) is 2.96. The summed E-state index contributed by atoms with van der Waals surface area (Å²) >= 11 is 5.88. The van der Waals surface area contributed by atoms with Crippen LogP contribution in [0.15, 0.2) is 78.0 Å². The van der Waals surface area contributed by atoms with Crippen molar-refractivity contribution in [3.8, 4) is 5.75 Å². The maximum absolute atomic E-state index is 13.3. The van der Waals surface area contributed by atoms with Gasteiger partial charge in [0.25, 0.3) is 15.9 Å². The number of nitrogens with one attached hydrogen (secondary N) is 1. The second-order valence-electron chi connectivity index (χ2n) is 6.30. The van der Waals surface area contributed by atoms with Crippen LogP contribution in [0.2, 0.25) is 5.02 Å². The summed E-state index contributed by atoms with van der Waals surface area (Å²) in [6.07, 6.45) is 2.05. The van der Waals surface area contributed by atoms with Crippen LogP contribution in [-0.2, 0) is 14.8 Å². The third kappa shape index (κ3) is 3.90. The van der Waals surface area contributed by atoms with Gasteiger partial charge >= 0.3 is 0 Å². The molecule has 1 unspecified atom stereocenters. The van der Waals surface area contributed by atoms with Crippen molar-refractivity contribution in [3.63, 3.8) is 0 Å². The van der Waals surface area contributed by atoms with Gasteiger partial charge in [-0.05, 0) is 48.5 Å². The highest BCUT2D eigenvalue weighted by atomic mass is 35.5. The average molecular weight is 430 g/mol. The molecule has 0 spiro atoms. The number of amides is 1. The lowest BCUT2D eigenvalue weighted by atomic mass is 10.2. The molecule has 1 N–H and O–H groups in total. The minimum absolute atomic E-state index is 0.0741. The van der Waals surface area contributed by atoms with Gasteiger partial charge in [0.2, 0.25) is 0 Å². The molecule has 148 valence electrons. The number of nitrogens with zero attached hydrogens (tertiary/aromatic N) is 2. The van der Waals surface area contributed by atoms with Crippen LogP contribution in [0.1, 0.15) is 0 Å². The molecule has 4 rings (SSSR count). The fraction of sp³-hybridized carbons (Fsp3) is 0.100.